The van der Waals surface area contributed by atoms with Gasteiger partial charge >= 0.3 is 0 Å². The molecule has 0 aliphatic carbocycles. The Hall–Kier alpha value is -3.59. The van der Waals surface area contributed by atoms with Gasteiger partial charge in [-0.2, -0.15) is 0 Å². The minimum absolute atomic E-state index is 0.323. The highest BCUT2D eigenvalue weighted by atomic mass is 19.1. The molecule has 0 radical (unpaired) electrons. The quantitative estimate of drug-likeness (QED) is 0.289. The zero-order valence-electron chi connectivity index (χ0n) is 18.2. The van der Waals surface area contributed by atoms with Crippen LogP contribution in [0.2, 0.25) is 0 Å². The molecule has 0 unspecified atom stereocenters. The lowest BCUT2D eigenvalue weighted by Crippen LogP contribution is -1.92. The largest absolute Gasteiger partial charge is 0.303 e. The normalized spacial score (nSPS) is 10.9. The molecule has 0 heterocycles. The highest BCUT2D eigenvalue weighted by Gasteiger charge is 2.11. The molecule has 0 N–H and O–H groups in total. The van der Waals surface area contributed by atoms with Crippen LogP contribution < -0.4 is 0 Å². The molecule has 1 nitrogen and oxygen atoms in total. The Bertz CT molecular complexity index is 1230. The van der Waals surface area contributed by atoms with Crippen molar-refractivity contribution in [3.63, 3.8) is 0 Å². The average molecular weight is 427 g/mol. The third kappa shape index (κ3) is 4.52. The molecule has 0 atom stereocenters. The van der Waals surface area contributed by atoms with Crippen molar-refractivity contribution in [1.82, 2.24) is 0 Å². The van der Waals surface area contributed by atoms with Crippen LogP contribution in [0.5, 0.6) is 0 Å². The van der Waals surface area contributed by atoms with Crippen LogP contribution in [0.3, 0.4) is 0 Å². The summed E-state index contributed by atoms with van der Waals surface area (Å²) in [6, 6.07) is 24.4. The summed E-state index contributed by atoms with van der Waals surface area (Å²) >= 11 is 0. The lowest BCUT2D eigenvalue weighted by molar-refractivity contribution is -0.107. The summed E-state index contributed by atoms with van der Waals surface area (Å²) in [5.41, 5.74) is 7.29. The van der Waals surface area contributed by atoms with Gasteiger partial charge in [-0.15, -0.1) is 0 Å². The topological polar surface area (TPSA) is 17.1 Å². The Morgan fingerprint density at radius 1 is 0.656 bits per heavy atom. The van der Waals surface area contributed by atoms with Crippen molar-refractivity contribution in [3.05, 3.63) is 107 Å². The molecule has 4 rings (SSSR count). The summed E-state index contributed by atoms with van der Waals surface area (Å²) in [4.78, 5) is 10.5. The van der Waals surface area contributed by atoms with Crippen molar-refractivity contribution in [1.29, 1.82) is 0 Å². The van der Waals surface area contributed by atoms with Crippen LogP contribution in [0.1, 0.15) is 23.1 Å². The zero-order chi connectivity index (χ0) is 22.7. The van der Waals surface area contributed by atoms with Crippen LogP contribution in [0.4, 0.5) is 8.78 Å². The first-order valence-corrected chi connectivity index (χ1v) is 10.7. The first-order valence-electron chi connectivity index (χ1n) is 10.7. The minimum atomic E-state index is -0.375. The van der Waals surface area contributed by atoms with Gasteiger partial charge in [0.05, 0.1) is 0 Å². The van der Waals surface area contributed by atoms with E-state index in [-0.39, 0.29) is 11.6 Å². The Labute approximate surface area is 187 Å². The molecule has 4 aromatic rings. The first-order chi connectivity index (χ1) is 15.5. The molecule has 4 aromatic carbocycles. The van der Waals surface area contributed by atoms with Gasteiger partial charge in [-0.25, -0.2) is 8.78 Å². The summed E-state index contributed by atoms with van der Waals surface area (Å²) in [7, 11) is 0. The van der Waals surface area contributed by atoms with E-state index in [0.29, 0.717) is 23.1 Å². The second kappa shape index (κ2) is 9.27. The van der Waals surface area contributed by atoms with E-state index in [2.05, 4.69) is 0 Å². The van der Waals surface area contributed by atoms with Gasteiger partial charge in [0, 0.05) is 12.0 Å². The van der Waals surface area contributed by atoms with Crippen molar-refractivity contribution in [2.75, 3.05) is 0 Å². The van der Waals surface area contributed by atoms with E-state index in [9.17, 15) is 13.6 Å². The van der Waals surface area contributed by atoms with Crippen LogP contribution in [-0.2, 0) is 11.2 Å². The molecule has 0 bridgehead atoms. The lowest BCUT2D eigenvalue weighted by atomic mass is 9.96. The number of aldehydes is 1. The van der Waals surface area contributed by atoms with E-state index >= 15 is 0 Å². The maximum atomic E-state index is 14.9. The van der Waals surface area contributed by atoms with Crippen molar-refractivity contribution in [2.24, 2.45) is 0 Å². The van der Waals surface area contributed by atoms with Crippen molar-refractivity contribution in [2.45, 2.75) is 26.7 Å². The molecule has 3 heteroatoms. The van der Waals surface area contributed by atoms with Crippen LogP contribution in [-0.4, -0.2) is 6.29 Å². The van der Waals surface area contributed by atoms with Crippen molar-refractivity contribution < 1.29 is 13.6 Å². The van der Waals surface area contributed by atoms with Crippen LogP contribution in [0.25, 0.3) is 33.4 Å². The molecular weight excluding hydrogens is 402 g/mol. The molecule has 0 fully saturated rings. The maximum absolute atomic E-state index is 14.9. The molecular formula is C29H24F2O. The second-order valence-corrected chi connectivity index (χ2v) is 8.07. The third-order valence-corrected chi connectivity index (χ3v) is 5.94. The van der Waals surface area contributed by atoms with E-state index < -0.39 is 0 Å². The fourth-order valence-corrected chi connectivity index (χ4v) is 3.85. The maximum Gasteiger partial charge on any atom is 0.131 e. The third-order valence-electron chi connectivity index (χ3n) is 5.94. The molecule has 0 spiro atoms. The molecule has 160 valence electrons. The fourth-order valence-electron chi connectivity index (χ4n) is 3.85. The highest BCUT2D eigenvalue weighted by Crippen LogP contribution is 2.31. The number of carbonyl (C=O) groups excluding carboxylic acids is 1. The van der Waals surface area contributed by atoms with Gasteiger partial charge in [-0.3, -0.25) is 0 Å². The predicted molar refractivity (Wildman–Crippen MR) is 127 cm³/mol. The van der Waals surface area contributed by atoms with Gasteiger partial charge in [0.1, 0.15) is 17.9 Å². The monoisotopic (exact) mass is 426 g/mol. The summed E-state index contributed by atoms with van der Waals surface area (Å²) in [6.07, 6.45) is 2.21. The minimum Gasteiger partial charge on any atom is -0.303 e. The molecule has 0 aromatic heterocycles. The van der Waals surface area contributed by atoms with Gasteiger partial charge < -0.3 is 4.79 Å². The molecule has 0 saturated heterocycles. The number of halogens is 2. The summed E-state index contributed by atoms with van der Waals surface area (Å²) in [5, 5.41) is 0. The molecule has 0 amide bonds. The van der Waals surface area contributed by atoms with Crippen LogP contribution >= 0.6 is 0 Å². The summed E-state index contributed by atoms with van der Waals surface area (Å²) in [5.74, 6) is -0.698. The average Bonchev–Trinajstić information content (AvgIpc) is 2.81. The SMILES string of the molecule is Cc1cc(-c2ccc(-c3ccc(-c4ccc(CCC=O)cc4)cc3)cc2F)cc(F)c1C. The molecule has 0 aliphatic heterocycles. The number of hydrogen-bond donors (Lipinski definition) is 0. The van der Waals surface area contributed by atoms with E-state index in [0.717, 1.165) is 46.1 Å². The van der Waals surface area contributed by atoms with E-state index in [4.69, 9.17) is 0 Å². The van der Waals surface area contributed by atoms with Gasteiger partial charge in [-0.1, -0.05) is 66.7 Å². The van der Waals surface area contributed by atoms with Crippen LogP contribution in [0.15, 0.2) is 78.9 Å². The predicted octanol–water partition coefficient (Wildman–Crippen LogP) is 7.71. The van der Waals surface area contributed by atoms with E-state index in [1.807, 2.05) is 67.6 Å². The Morgan fingerprint density at radius 3 is 1.75 bits per heavy atom. The fraction of sp³-hybridized carbons (Fsp3) is 0.138. The number of benzene rings is 4. The highest BCUT2D eigenvalue weighted by molar-refractivity contribution is 5.74. The first kappa shape index (κ1) is 21.6. The van der Waals surface area contributed by atoms with Gasteiger partial charge in [-0.05, 0) is 76.9 Å². The van der Waals surface area contributed by atoms with Gasteiger partial charge in [0.15, 0.2) is 0 Å². The number of aryl methyl sites for hydroxylation is 2. The van der Waals surface area contributed by atoms with Gasteiger partial charge in [0.2, 0.25) is 0 Å². The summed E-state index contributed by atoms with van der Waals surface area (Å²) in [6.45, 7) is 3.55. The molecule has 32 heavy (non-hydrogen) atoms. The second-order valence-electron chi connectivity index (χ2n) is 8.07. The summed E-state index contributed by atoms with van der Waals surface area (Å²) < 4.78 is 29.0. The Kier molecular flexibility index (Phi) is 6.27. The van der Waals surface area contributed by atoms with Crippen molar-refractivity contribution >= 4 is 6.29 Å². The standard InChI is InChI=1S/C29H24F2O/c1-19-16-26(18-28(30)20(19)2)27-14-13-25(17-29(27)31)24-11-9-23(10-12-24)22-7-5-21(6-8-22)4-3-15-32/h5-18H,3-4H2,1-2H3. The smallest absolute Gasteiger partial charge is 0.131 e. The Balaban J connectivity index is 1.57. The molecule has 0 aliphatic rings. The zero-order valence-corrected chi connectivity index (χ0v) is 18.2. The van der Waals surface area contributed by atoms with Crippen LogP contribution in [0, 0.1) is 25.5 Å². The number of rotatable bonds is 6. The Morgan fingerprint density at radius 2 is 1.19 bits per heavy atom. The lowest BCUT2D eigenvalue weighted by Gasteiger charge is -2.10. The van der Waals surface area contributed by atoms with Crippen molar-refractivity contribution in [3.8, 4) is 33.4 Å². The van der Waals surface area contributed by atoms with E-state index in [1.54, 1.807) is 13.0 Å². The van der Waals surface area contributed by atoms with Gasteiger partial charge in [0.25, 0.3) is 0 Å². The molecule has 0 saturated carbocycles. The number of carbonyl (C=O) groups is 1. The number of hydrogen-bond acceptors (Lipinski definition) is 1. The van der Waals surface area contributed by atoms with E-state index in [1.165, 1.54) is 12.1 Å².